The van der Waals surface area contributed by atoms with Crippen LogP contribution in [0.3, 0.4) is 0 Å². The van der Waals surface area contributed by atoms with Crippen molar-refractivity contribution in [3.05, 3.63) is 0 Å². The molecule has 1 aliphatic heterocycles. The lowest BCUT2D eigenvalue weighted by Crippen LogP contribution is -1.71. The Morgan fingerprint density at radius 2 is 3.00 bits per heavy atom. The quantitative estimate of drug-likeness (QED) is 0.403. The van der Waals surface area contributed by atoms with E-state index >= 15 is 0 Å². The molecule has 0 aromatic carbocycles. The highest BCUT2D eigenvalue weighted by Crippen LogP contribution is 2.04. The zero-order chi connectivity index (χ0) is 3.54. The minimum atomic E-state index is 0.639. The number of ether oxygens (including phenoxy) is 1. The van der Waals surface area contributed by atoms with Crippen LogP contribution in [0.4, 0.5) is 0 Å². The second-order valence-corrected chi connectivity index (χ2v) is 1.25. The number of hydrogen-bond acceptors (Lipinski definition) is 3. The highest BCUT2D eigenvalue weighted by Gasteiger charge is 1.88. The Bertz CT molecular complexity index is 47.6. The van der Waals surface area contributed by atoms with Crippen molar-refractivity contribution >= 4 is 18.3 Å². The van der Waals surface area contributed by atoms with Gasteiger partial charge in [0.05, 0.1) is 0 Å². The van der Waals surface area contributed by atoms with Crippen LogP contribution in [0.2, 0.25) is 0 Å². The lowest BCUT2D eigenvalue weighted by atomic mass is 11.4. The molecular weight excluding hydrogens is 86.1 g/mol. The molecule has 1 radical (unpaired) electrons. The SMILES string of the molecule is [C]1=NSCO1. The maximum absolute atomic E-state index is 4.49. The lowest BCUT2D eigenvalue weighted by Gasteiger charge is -1.73. The van der Waals surface area contributed by atoms with Crippen LogP contribution in [0.1, 0.15) is 0 Å². The Labute approximate surface area is 34.4 Å². The summed E-state index contributed by atoms with van der Waals surface area (Å²) in [6, 6.07) is 0. The molecule has 1 aliphatic rings. The van der Waals surface area contributed by atoms with E-state index in [0.29, 0.717) is 5.94 Å². The third-order valence-corrected chi connectivity index (χ3v) is 0.705. The van der Waals surface area contributed by atoms with Gasteiger partial charge in [-0.05, 0) is 0 Å². The van der Waals surface area contributed by atoms with E-state index in [-0.39, 0.29) is 0 Å². The summed E-state index contributed by atoms with van der Waals surface area (Å²) in [6.45, 7) is 0. The molecule has 0 aromatic rings. The molecule has 0 spiro atoms. The van der Waals surface area contributed by atoms with Gasteiger partial charge >= 0.3 is 0 Å². The number of hydrogen-bond donors (Lipinski definition) is 0. The Balaban J connectivity index is 2.32. The van der Waals surface area contributed by atoms with Crippen molar-refractivity contribution in [2.24, 2.45) is 4.40 Å². The molecule has 2 nitrogen and oxygen atoms in total. The summed E-state index contributed by atoms with van der Waals surface area (Å²) in [5, 5.41) is 0. The molecule has 27 valence electrons. The van der Waals surface area contributed by atoms with Crippen molar-refractivity contribution in [3.63, 3.8) is 0 Å². The van der Waals surface area contributed by atoms with Crippen LogP contribution < -0.4 is 0 Å². The van der Waals surface area contributed by atoms with Crippen molar-refractivity contribution in [3.8, 4) is 0 Å². The van der Waals surface area contributed by atoms with E-state index in [1.165, 1.54) is 11.9 Å². The average Bonchev–Trinajstić information content (AvgIpc) is 1.76. The van der Waals surface area contributed by atoms with Crippen LogP contribution in [0.15, 0.2) is 4.40 Å². The van der Waals surface area contributed by atoms with Crippen molar-refractivity contribution in [2.75, 3.05) is 5.94 Å². The molecule has 0 bridgehead atoms. The van der Waals surface area contributed by atoms with Crippen LogP contribution in [-0.2, 0) is 4.74 Å². The zero-order valence-corrected chi connectivity index (χ0v) is 3.29. The smallest absolute Gasteiger partial charge is 0.286 e. The summed E-state index contributed by atoms with van der Waals surface area (Å²) >= 11 is 1.37. The van der Waals surface area contributed by atoms with E-state index < -0.39 is 0 Å². The fourth-order valence-corrected chi connectivity index (χ4v) is 0.395. The molecular formula is C2H2NOS. The molecule has 3 heteroatoms. The van der Waals surface area contributed by atoms with Crippen molar-refractivity contribution in [1.82, 2.24) is 0 Å². The summed E-state index contributed by atoms with van der Waals surface area (Å²) < 4.78 is 8.02. The van der Waals surface area contributed by atoms with Gasteiger partial charge in [0.15, 0.2) is 5.94 Å². The lowest BCUT2D eigenvalue weighted by molar-refractivity contribution is 0.410. The fourth-order valence-electron chi connectivity index (χ4n) is 0.132. The standard InChI is InChI=1S/C2H2NOS/c1-3-5-2-4-1/h2H2. The van der Waals surface area contributed by atoms with E-state index in [9.17, 15) is 0 Å². The summed E-state index contributed by atoms with van der Waals surface area (Å²) in [5.41, 5.74) is 0. The van der Waals surface area contributed by atoms with E-state index in [2.05, 4.69) is 15.5 Å². The van der Waals surface area contributed by atoms with Gasteiger partial charge in [-0.1, -0.05) is 0 Å². The summed E-state index contributed by atoms with van der Waals surface area (Å²) in [5.74, 6) is 0.639. The average molecular weight is 88.1 g/mol. The third-order valence-electron chi connectivity index (χ3n) is 0.278. The van der Waals surface area contributed by atoms with E-state index in [4.69, 9.17) is 0 Å². The minimum absolute atomic E-state index is 0.639. The molecule has 0 saturated heterocycles. The topological polar surface area (TPSA) is 21.6 Å². The molecule has 5 heavy (non-hydrogen) atoms. The molecule has 1 heterocycles. The van der Waals surface area contributed by atoms with Gasteiger partial charge in [-0.15, -0.1) is 0 Å². The second kappa shape index (κ2) is 1.31. The van der Waals surface area contributed by atoms with Gasteiger partial charge in [0.25, 0.3) is 6.40 Å². The Hall–Kier alpha value is -0.180. The first kappa shape index (κ1) is 3.03. The number of nitrogens with zero attached hydrogens (tertiary/aromatic N) is 1. The Morgan fingerprint density at radius 1 is 2.00 bits per heavy atom. The largest absolute Gasteiger partial charge is 0.460 e. The molecule has 0 amide bonds. The first-order chi connectivity index (χ1) is 2.50. The molecule has 1 rings (SSSR count). The molecule has 0 saturated carbocycles. The molecule has 0 fully saturated rings. The van der Waals surface area contributed by atoms with Crippen LogP contribution in [0.5, 0.6) is 0 Å². The molecule has 0 atom stereocenters. The second-order valence-electron chi connectivity index (χ2n) is 0.574. The third kappa shape index (κ3) is 0.545. The van der Waals surface area contributed by atoms with Crippen LogP contribution in [0, 0.1) is 0 Å². The van der Waals surface area contributed by atoms with Gasteiger partial charge in [0, 0.05) is 11.9 Å². The van der Waals surface area contributed by atoms with Crippen molar-refractivity contribution in [1.29, 1.82) is 0 Å². The molecule has 0 N–H and O–H groups in total. The normalized spacial score (nSPS) is 19.2. The summed E-state index contributed by atoms with van der Waals surface area (Å²) in [4.78, 5) is 0. The highest BCUT2D eigenvalue weighted by atomic mass is 32.2. The van der Waals surface area contributed by atoms with Crippen molar-refractivity contribution < 1.29 is 4.74 Å². The minimum Gasteiger partial charge on any atom is -0.460 e. The van der Waals surface area contributed by atoms with Gasteiger partial charge in [0.1, 0.15) is 0 Å². The maximum Gasteiger partial charge on any atom is 0.286 e. The molecule has 0 aromatic heterocycles. The van der Waals surface area contributed by atoms with Gasteiger partial charge in [-0.2, -0.15) is 4.40 Å². The summed E-state index contributed by atoms with van der Waals surface area (Å²) in [6.07, 6.45) is 2.31. The van der Waals surface area contributed by atoms with Crippen LogP contribution >= 0.6 is 11.9 Å². The van der Waals surface area contributed by atoms with Gasteiger partial charge in [0.2, 0.25) is 0 Å². The maximum atomic E-state index is 4.49. The highest BCUT2D eigenvalue weighted by molar-refractivity contribution is 7.98. The monoisotopic (exact) mass is 88.0 g/mol. The van der Waals surface area contributed by atoms with E-state index in [1.54, 1.807) is 0 Å². The molecule has 0 unspecified atom stereocenters. The van der Waals surface area contributed by atoms with Crippen LogP contribution in [-0.4, -0.2) is 12.3 Å². The van der Waals surface area contributed by atoms with Gasteiger partial charge in [-0.3, -0.25) is 0 Å². The van der Waals surface area contributed by atoms with Gasteiger partial charge < -0.3 is 4.74 Å². The predicted octanol–water partition coefficient (Wildman–Crippen LogP) is 0.528. The first-order valence-electron chi connectivity index (χ1n) is 1.19. The molecule has 0 aliphatic carbocycles. The Kier molecular flexibility index (Phi) is 0.792. The van der Waals surface area contributed by atoms with E-state index in [1.807, 2.05) is 0 Å². The number of rotatable bonds is 0. The zero-order valence-electron chi connectivity index (χ0n) is 2.47. The van der Waals surface area contributed by atoms with Gasteiger partial charge in [-0.25, -0.2) is 0 Å². The first-order valence-corrected chi connectivity index (χ1v) is 2.13. The Morgan fingerprint density at radius 3 is 3.20 bits per heavy atom. The van der Waals surface area contributed by atoms with Crippen LogP contribution in [0.25, 0.3) is 0 Å². The van der Waals surface area contributed by atoms with E-state index in [0.717, 1.165) is 0 Å². The van der Waals surface area contributed by atoms with Crippen molar-refractivity contribution in [2.45, 2.75) is 0 Å². The summed E-state index contributed by atoms with van der Waals surface area (Å²) in [7, 11) is 0. The predicted molar refractivity (Wildman–Crippen MR) is 21.0 cm³/mol. The fraction of sp³-hybridized carbons (Fsp3) is 0.500.